The number of carbonyl (C=O) groups is 2. The fourth-order valence-corrected chi connectivity index (χ4v) is 3.09. The third-order valence-corrected chi connectivity index (χ3v) is 4.39. The first kappa shape index (κ1) is 18.3. The minimum absolute atomic E-state index is 0.0910. The fraction of sp³-hybridized carbons (Fsp3) is 0.579. The van der Waals surface area contributed by atoms with Crippen LogP contribution in [0.25, 0.3) is 0 Å². The molecule has 0 saturated carbocycles. The lowest BCUT2D eigenvalue weighted by Gasteiger charge is -2.30. The second kappa shape index (κ2) is 9.30. The molecule has 0 radical (unpaired) electrons. The second-order valence-corrected chi connectivity index (χ2v) is 6.26. The van der Waals surface area contributed by atoms with Gasteiger partial charge in [0.25, 0.3) is 0 Å². The highest BCUT2D eigenvalue weighted by Crippen LogP contribution is 2.30. The van der Waals surface area contributed by atoms with Gasteiger partial charge in [0.15, 0.2) is 0 Å². The van der Waals surface area contributed by atoms with Crippen LogP contribution in [-0.4, -0.2) is 36.6 Å². The summed E-state index contributed by atoms with van der Waals surface area (Å²) in [5, 5.41) is 2.87. The minimum Gasteiger partial charge on any atom is -0.466 e. The van der Waals surface area contributed by atoms with E-state index in [1.807, 2.05) is 4.90 Å². The van der Waals surface area contributed by atoms with Crippen molar-refractivity contribution in [2.24, 2.45) is 0 Å². The van der Waals surface area contributed by atoms with E-state index in [4.69, 9.17) is 4.74 Å². The molecule has 1 aliphatic heterocycles. The number of aryl methyl sites for hydroxylation is 1. The Morgan fingerprint density at radius 2 is 1.96 bits per heavy atom. The molecule has 1 heterocycles. The van der Waals surface area contributed by atoms with Crippen molar-refractivity contribution in [1.29, 1.82) is 0 Å². The Labute approximate surface area is 144 Å². The molecule has 0 bridgehead atoms. The molecule has 132 valence electrons. The Hall–Kier alpha value is -2.04. The normalized spacial score (nSPS) is 17.9. The van der Waals surface area contributed by atoms with Crippen molar-refractivity contribution < 1.29 is 14.3 Å². The monoisotopic (exact) mass is 332 g/mol. The SMILES string of the molecule is CCOC(=O)CCNC(=O)N1CCCCC[C@@H]1c1ccc(C)cc1. The number of nitrogens with one attached hydrogen (secondary N) is 1. The molecule has 2 rings (SSSR count). The first-order valence-electron chi connectivity index (χ1n) is 8.88. The van der Waals surface area contributed by atoms with Crippen molar-refractivity contribution in [3.8, 4) is 0 Å². The van der Waals surface area contributed by atoms with Crippen LogP contribution in [0, 0.1) is 6.92 Å². The third kappa shape index (κ3) is 5.25. The molecule has 0 aromatic heterocycles. The zero-order valence-corrected chi connectivity index (χ0v) is 14.7. The Morgan fingerprint density at radius 1 is 1.21 bits per heavy atom. The molecule has 1 N–H and O–H groups in total. The van der Waals surface area contributed by atoms with Crippen LogP contribution in [0.1, 0.15) is 56.2 Å². The van der Waals surface area contributed by atoms with Gasteiger partial charge in [-0.25, -0.2) is 4.79 Å². The van der Waals surface area contributed by atoms with Gasteiger partial charge in [0.05, 0.1) is 19.1 Å². The fourth-order valence-electron chi connectivity index (χ4n) is 3.09. The van der Waals surface area contributed by atoms with Crippen LogP contribution < -0.4 is 5.32 Å². The number of likely N-dealkylation sites (tertiary alicyclic amines) is 1. The molecule has 1 fully saturated rings. The number of esters is 1. The van der Waals surface area contributed by atoms with Crippen molar-refractivity contribution in [2.45, 2.75) is 52.0 Å². The molecule has 0 unspecified atom stereocenters. The average Bonchev–Trinajstić information content (AvgIpc) is 2.81. The highest BCUT2D eigenvalue weighted by molar-refractivity contribution is 5.76. The largest absolute Gasteiger partial charge is 0.466 e. The van der Waals surface area contributed by atoms with Crippen LogP contribution in [0.5, 0.6) is 0 Å². The second-order valence-electron chi connectivity index (χ2n) is 6.26. The summed E-state index contributed by atoms with van der Waals surface area (Å²) in [6.45, 7) is 5.28. The molecule has 5 heteroatoms. The molecular formula is C19H28N2O3. The van der Waals surface area contributed by atoms with Gasteiger partial charge < -0.3 is 15.0 Å². The maximum absolute atomic E-state index is 12.6. The summed E-state index contributed by atoms with van der Waals surface area (Å²) in [5.74, 6) is -0.274. The van der Waals surface area contributed by atoms with Crippen LogP contribution in [0.2, 0.25) is 0 Å². The van der Waals surface area contributed by atoms with Gasteiger partial charge in [-0.15, -0.1) is 0 Å². The number of ether oxygens (including phenoxy) is 1. The van der Waals surface area contributed by atoms with Gasteiger partial charge in [-0.1, -0.05) is 42.7 Å². The summed E-state index contributed by atoms with van der Waals surface area (Å²) in [6.07, 6.45) is 4.49. The summed E-state index contributed by atoms with van der Waals surface area (Å²) in [7, 11) is 0. The van der Waals surface area contributed by atoms with E-state index in [1.165, 1.54) is 11.1 Å². The number of rotatable bonds is 5. The van der Waals surface area contributed by atoms with Crippen LogP contribution in [0.3, 0.4) is 0 Å². The lowest BCUT2D eigenvalue weighted by molar-refractivity contribution is -0.142. The van der Waals surface area contributed by atoms with E-state index in [0.29, 0.717) is 13.2 Å². The van der Waals surface area contributed by atoms with Gasteiger partial charge in [0, 0.05) is 13.1 Å². The van der Waals surface area contributed by atoms with Gasteiger partial charge in [0.2, 0.25) is 0 Å². The third-order valence-electron chi connectivity index (χ3n) is 4.39. The first-order chi connectivity index (χ1) is 11.6. The zero-order chi connectivity index (χ0) is 17.4. The Kier molecular flexibility index (Phi) is 7.09. The zero-order valence-electron chi connectivity index (χ0n) is 14.7. The molecule has 5 nitrogen and oxygen atoms in total. The van der Waals surface area contributed by atoms with Crippen LogP contribution in [-0.2, 0) is 9.53 Å². The van der Waals surface area contributed by atoms with E-state index in [9.17, 15) is 9.59 Å². The number of hydrogen-bond acceptors (Lipinski definition) is 3. The Balaban J connectivity index is 1.99. The lowest BCUT2D eigenvalue weighted by atomic mass is 10.00. The molecule has 1 aliphatic rings. The lowest BCUT2D eigenvalue weighted by Crippen LogP contribution is -2.42. The van der Waals surface area contributed by atoms with Crippen LogP contribution in [0.15, 0.2) is 24.3 Å². The molecule has 0 aliphatic carbocycles. The molecule has 2 amide bonds. The Morgan fingerprint density at radius 3 is 2.67 bits per heavy atom. The number of amides is 2. The van der Waals surface area contributed by atoms with E-state index in [0.717, 1.165) is 32.2 Å². The highest BCUT2D eigenvalue weighted by atomic mass is 16.5. The number of urea groups is 1. The van der Waals surface area contributed by atoms with Crippen molar-refractivity contribution in [2.75, 3.05) is 19.7 Å². The molecule has 1 atom stereocenters. The minimum atomic E-state index is -0.274. The number of nitrogens with zero attached hydrogens (tertiary/aromatic N) is 1. The van der Waals surface area contributed by atoms with Gasteiger partial charge in [-0.05, 0) is 32.3 Å². The van der Waals surface area contributed by atoms with E-state index in [-0.39, 0.29) is 24.5 Å². The highest BCUT2D eigenvalue weighted by Gasteiger charge is 2.26. The van der Waals surface area contributed by atoms with Crippen molar-refractivity contribution in [1.82, 2.24) is 10.2 Å². The van der Waals surface area contributed by atoms with Gasteiger partial charge in [0.1, 0.15) is 0 Å². The standard InChI is InChI=1S/C19H28N2O3/c1-3-24-18(22)12-13-20-19(23)21-14-6-4-5-7-17(21)16-10-8-15(2)9-11-16/h8-11,17H,3-7,12-14H2,1-2H3,(H,20,23)/t17-/m1/s1. The number of carbonyl (C=O) groups excluding carboxylic acids is 2. The van der Waals surface area contributed by atoms with E-state index >= 15 is 0 Å². The molecule has 24 heavy (non-hydrogen) atoms. The van der Waals surface area contributed by atoms with Gasteiger partial charge >= 0.3 is 12.0 Å². The number of benzene rings is 1. The summed E-state index contributed by atoms with van der Waals surface area (Å²) in [4.78, 5) is 25.9. The van der Waals surface area contributed by atoms with E-state index in [1.54, 1.807) is 6.92 Å². The topological polar surface area (TPSA) is 58.6 Å². The van der Waals surface area contributed by atoms with Crippen molar-refractivity contribution in [3.63, 3.8) is 0 Å². The van der Waals surface area contributed by atoms with Crippen LogP contribution in [0.4, 0.5) is 4.79 Å². The molecule has 1 saturated heterocycles. The Bertz CT molecular complexity index is 542. The summed E-state index contributed by atoms with van der Waals surface area (Å²) in [6, 6.07) is 8.44. The van der Waals surface area contributed by atoms with Gasteiger partial charge in [-0.2, -0.15) is 0 Å². The molecule has 1 aromatic rings. The molecular weight excluding hydrogens is 304 g/mol. The maximum atomic E-state index is 12.6. The van der Waals surface area contributed by atoms with Crippen LogP contribution >= 0.6 is 0 Å². The molecule has 1 aromatic carbocycles. The summed E-state index contributed by atoms with van der Waals surface area (Å²) in [5.41, 5.74) is 2.40. The summed E-state index contributed by atoms with van der Waals surface area (Å²) < 4.78 is 4.89. The first-order valence-corrected chi connectivity index (χ1v) is 8.88. The number of hydrogen-bond donors (Lipinski definition) is 1. The quantitative estimate of drug-likeness (QED) is 0.839. The van der Waals surface area contributed by atoms with E-state index in [2.05, 4.69) is 36.5 Å². The van der Waals surface area contributed by atoms with Crippen molar-refractivity contribution >= 4 is 12.0 Å². The van der Waals surface area contributed by atoms with Crippen molar-refractivity contribution in [3.05, 3.63) is 35.4 Å². The average molecular weight is 332 g/mol. The summed E-state index contributed by atoms with van der Waals surface area (Å²) >= 11 is 0. The smallest absolute Gasteiger partial charge is 0.317 e. The predicted molar refractivity (Wildman–Crippen MR) is 93.7 cm³/mol. The van der Waals surface area contributed by atoms with Gasteiger partial charge in [-0.3, -0.25) is 4.79 Å². The maximum Gasteiger partial charge on any atom is 0.317 e. The van der Waals surface area contributed by atoms with E-state index < -0.39 is 0 Å². The predicted octanol–water partition coefficient (Wildman–Crippen LogP) is 3.57. The molecule has 0 spiro atoms.